The molecule has 0 spiro atoms. The number of fused-ring (bicyclic) bond motifs is 1. The number of hydrogen-bond donors (Lipinski definition) is 0. The second kappa shape index (κ2) is 8.91. The quantitative estimate of drug-likeness (QED) is 0.546. The van der Waals surface area contributed by atoms with Crippen molar-refractivity contribution in [2.24, 2.45) is 4.99 Å². The van der Waals surface area contributed by atoms with Crippen molar-refractivity contribution < 1.29 is 23.8 Å². The molecule has 2 heterocycles. The molecule has 2 aromatic heterocycles. The average molecular weight is 418 g/mol. The predicted molar refractivity (Wildman–Crippen MR) is 107 cm³/mol. The van der Waals surface area contributed by atoms with E-state index in [2.05, 4.69) is 10.1 Å². The maximum absolute atomic E-state index is 12.7. The molecule has 0 saturated heterocycles. The van der Waals surface area contributed by atoms with Crippen molar-refractivity contribution in [1.29, 1.82) is 0 Å². The van der Waals surface area contributed by atoms with E-state index in [4.69, 9.17) is 14.2 Å². The van der Waals surface area contributed by atoms with Gasteiger partial charge in [0, 0.05) is 12.7 Å². The fourth-order valence-corrected chi connectivity index (χ4v) is 3.95. The Morgan fingerprint density at radius 1 is 1.14 bits per heavy atom. The third-order valence-electron chi connectivity index (χ3n) is 4.17. The minimum atomic E-state index is -0.501. The van der Waals surface area contributed by atoms with Gasteiger partial charge in [-0.15, -0.1) is 0 Å². The van der Waals surface area contributed by atoms with E-state index in [1.165, 1.54) is 18.4 Å². The number of carbonyl (C=O) groups excluding carboxylic acids is 2. The third kappa shape index (κ3) is 4.16. The first-order valence-corrected chi connectivity index (χ1v) is 9.86. The first kappa shape index (κ1) is 20.6. The van der Waals surface area contributed by atoms with Gasteiger partial charge in [-0.05, 0) is 32.0 Å². The zero-order valence-electron chi connectivity index (χ0n) is 16.7. The van der Waals surface area contributed by atoms with E-state index in [1.807, 2.05) is 6.92 Å². The van der Waals surface area contributed by atoms with Crippen LogP contribution in [0.5, 0.6) is 11.5 Å². The summed E-state index contributed by atoms with van der Waals surface area (Å²) in [5.41, 5.74) is 0.835. The fourth-order valence-electron chi connectivity index (χ4n) is 2.82. The van der Waals surface area contributed by atoms with Crippen LogP contribution in [0.15, 0.2) is 29.4 Å². The van der Waals surface area contributed by atoms with Gasteiger partial charge in [-0.25, -0.2) is 0 Å². The summed E-state index contributed by atoms with van der Waals surface area (Å²) >= 11 is 1.23. The smallest absolute Gasteiger partial charge is 0.326 e. The number of ether oxygens (including phenoxy) is 3. The molecule has 0 aliphatic heterocycles. The van der Waals surface area contributed by atoms with Gasteiger partial charge in [-0.3, -0.25) is 14.3 Å². The van der Waals surface area contributed by atoms with Crippen LogP contribution in [0.3, 0.4) is 0 Å². The number of aromatic nitrogens is 3. The monoisotopic (exact) mass is 418 g/mol. The predicted octanol–water partition coefficient (Wildman–Crippen LogP) is 2.24. The lowest BCUT2D eigenvalue weighted by atomic mass is 10.3. The standard InChI is InChI=1S/C19H22N4O5S/c1-5-22-10-9-12(21-22)18(25)20-19-23(11-15(24)28-6-2)16-13(26-3)7-8-14(27-4)17(16)29-19/h7-10H,5-6,11H2,1-4H3. The van der Waals surface area contributed by atoms with Gasteiger partial charge in [-0.1, -0.05) is 11.3 Å². The lowest BCUT2D eigenvalue weighted by Crippen LogP contribution is -2.23. The number of benzene rings is 1. The first-order chi connectivity index (χ1) is 14.0. The third-order valence-corrected chi connectivity index (χ3v) is 5.26. The topological polar surface area (TPSA) is 96.9 Å². The summed E-state index contributed by atoms with van der Waals surface area (Å²) in [6, 6.07) is 5.12. The van der Waals surface area contributed by atoms with Crippen molar-refractivity contribution in [1.82, 2.24) is 14.3 Å². The Hall–Kier alpha value is -3.14. The highest BCUT2D eigenvalue weighted by Gasteiger charge is 2.19. The number of aryl methyl sites for hydroxylation is 1. The van der Waals surface area contributed by atoms with E-state index in [9.17, 15) is 9.59 Å². The van der Waals surface area contributed by atoms with Crippen molar-refractivity contribution in [2.75, 3.05) is 20.8 Å². The van der Waals surface area contributed by atoms with Gasteiger partial charge in [0.1, 0.15) is 28.3 Å². The molecule has 0 bridgehead atoms. The SMILES string of the molecule is CCOC(=O)Cn1c(=NC(=O)c2ccn(CC)n2)sc2c(OC)ccc(OC)c21. The molecular weight excluding hydrogens is 396 g/mol. The molecule has 0 aliphatic rings. The highest BCUT2D eigenvalue weighted by atomic mass is 32.1. The molecule has 1 amide bonds. The molecule has 0 N–H and O–H groups in total. The van der Waals surface area contributed by atoms with Gasteiger partial charge >= 0.3 is 5.97 Å². The Bertz CT molecular complexity index is 1110. The van der Waals surface area contributed by atoms with Crippen molar-refractivity contribution in [2.45, 2.75) is 26.9 Å². The number of thiazole rings is 1. The van der Waals surface area contributed by atoms with Gasteiger partial charge < -0.3 is 18.8 Å². The van der Waals surface area contributed by atoms with Crippen LogP contribution in [0.25, 0.3) is 10.2 Å². The largest absolute Gasteiger partial charge is 0.495 e. The Morgan fingerprint density at radius 3 is 2.48 bits per heavy atom. The zero-order valence-corrected chi connectivity index (χ0v) is 17.5. The maximum atomic E-state index is 12.7. The molecule has 0 fully saturated rings. The van der Waals surface area contributed by atoms with E-state index < -0.39 is 11.9 Å². The van der Waals surface area contributed by atoms with E-state index >= 15 is 0 Å². The van der Waals surface area contributed by atoms with Crippen LogP contribution < -0.4 is 14.3 Å². The van der Waals surface area contributed by atoms with E-state index in [0.29, 0.717) is 33.1 Å². The van der Waals surface area contributed by atoms with Crippen LogP contribution in [0.1, 0.15) is 24.3 Å². The van der Waals surface area contributed by atoms with E-state index in [1.54, 1.807) is 47.7 Å². The normalized spacial score (nSPS) is 11.7. The van der Waals surface area contributed by atoms with Crippen molar-refractivity contribution in [3.05, 3.63) is 34.9 Å². The number of esters is 1. The Kier molecular flexibility index (Phi) is 6.32. The number of hydrogen-bond acceptors (Lipinski definition) is 7. The fraction of sp³-hybridized carbons (Fsp3) is 0.368. The summed E-state index contributed by atoms with van der Waals surface area (Å²) in [5, 5.41) is 4.19. The molecule has 29 heavy (non-hydrogen) atoms. The molecule has 0 aliphatic carbocycles. The number of methoxy groups -OCH3 is 2. The number of nitrogens with zero attached hydrogens (tertiary/aromatic N) is 4. The number of rotatable bonds is 7. The van der Waals surface area contributed by atoms with Crippen LogP contribution in [0, 0.1) is 0 Å². The zero-order chi connectivity index (χ0) is 21.0. The van der Waals surface area contributed by atoms with Crippen LogP contribution in [-0.2, 0) is 22.6 Å². The molecular formula is C19H22N4O5S. The lowest BCUT2D eigenvalue weighted by molar-refractivity contribution is -0.143. The van der Waals surface area contributed by atoms with Crippen LogP contribution in [0.2, 0.25) is 0 Å². The molecule has 3 rings (SSSR count). The summed E-state index contributed by atoms with van der Waals surface area (Å²) in [6.07, 6.45) is 1.71. The maximum Gasteiger partial charge on any atom is 0.326 e. The summed E-state index contributed by atoms with van der Waals surface area (Å²) in [5.74, 6) is 0.179. The van der Waals surface area contributed by atoms with Gasteiger partial charge in [0.05, 0.1) is 20.8 Å². The molecule has 0 saturated carbocycles. The summed E-state index contributed by atoms with van der Waals surface area (Å²) in [4.78, 5) is 29.4. The Labute approximate surface area is 171 Å². The van der Waals surface area contributed by atoms with Gasteiger partial charge in [-0.2, -0.15) is 10.1 Å². The summed E-state index contributed by atoms with van der Waals surface area (Å²) in [6.45, 7) is 4.44. The Balaban J connectivity index is 2.21. The molecule has 0 radical (unpaired) electrons. The first-order valence-electron chi connectivity index (χ1n) is 9.04. The molecule has 10 heteroatoms. The van der Waals surface area contributed by atoms with Crippen LogP contribution in [0.4, 0.5) is 0 Å². The van der Waals surface area contributed by atoms with Gasteiger partial charge in [0.2, 0.25) is 0 Å². The number of carbonyl (C=O) groups is 2. The molecule has 154 valence electrons. The average Bonchev–Trinajstić information content (AvgIpc) is 3.33. The van der Waals surface area contributed by atoms with Crippen molar-refractivity contribution in [3.8, 4) is 11.5 Å². The second-order valence-corrected chi connectivity index (χ2v) is 6.87. The summed E-state index contributed by atoms with van der Waals surface area (Å²) < 4.78 is 20.0. The van der Waals surface area contributed by atoms with Gasteiger partial charge in [0.15, 0.2) is 10.5 Å². The Morgan fingerprint density at radius 2 is 1.86 bits per heavy atom. The second-order valence-electron chi connectivity index (χ2n) is 5.90. The van der Waals surface area contributed by atoms with Crippen LogP contribution in [-0.4, -0.2) is 47.1 Å². The van der Waals surface area contributed by atoms with Crippen LogP contribution >= 0.6 is 11.3 Å². The lowest BCUT2D eigenvalue weighted by Gasteiger charge is -2.09. The van der Waals surface area contributed by atoms with Crippen molar-refractivity contribution >= 4 is 33.4 Å². The molecule has 0 unspecified atom stereocenters. The minimum Gasteiger partial charge on any atom is -0.495 e. The minimum absolute atomic E-state index is 0.118. The summed E-state index contributed by atoms with van der Waals surface area (Å²) in [7, 11) is 3.09. The molecule has 1 aromatic carbocycles. The highest BCUT2D eigenvalue weighted by molar-refractivity contribution is 7.16. The molecule has 0 atom stereocenters. The highest BCUT2D eigenvalue weighted by Crippen LogP contribution is 2.35. The van der Waals surface area contributed by atoms with E-state index in [0.717, 1.165) is 0 Å². The number of amides is 1. The van der Waals surface area contributed by atoms with Crippen molar-refractivity contribution in [3.63, 3.8) is 0 Å². The molecule has 3 aromatic rings. The van der Waals surface area contributed by atoms with Gasteiger partial charge in [0.25, 0.3) is 5.91 Å². The van der Waals surface area contributed by atoms with E-state index in [-0.39, 0.29) is 18.8 Å². The molecule has 9 nitrogen and oxygen atoms in total.